The van der Waals surface area contributed by atoms with Gasteiger partial charge in [0, 0.05) is 32.1 Å². The van der Waals surface area contributed by atoms with Crippen molar-refractivity contribution in [1.82, 2.24) is 9.80 Å². The highest BCUT2D eigenvalue weighted by Crippen LogP contribution is 2.25. The van der Waals surface area contributed by atoms with Crippen LogP contribution in [0.15, 0.2) is 60.7 Å². The molecule has 5 heteroatoms. The first-order valence-corrected chi connectivity index (χ1v) is 10.00. The van der Waals surface area contributed by atoms with Gasteiger partial charge in [-0.2, -0.15) is 0 Å². The third-order valence-electron chi connectivity index (χ3n) is 5.65. The molecule has 1 aliphatic heterocycles. The molecule has 0 saturated carbocycles. The van der Waals surface area contributed by atoms with Gasteiger partial charge < -0.3 is 9.80 Å². The van der Waals surface area contributed by atoms with E-state index in [9.17, 15) is 14.0 Å². The number of amides is 2. The van der Waals surface area contributed by atoms with Crippen molar-refractivity contribution in [1.29, 1.82) is 0 Å². The van der Waals surface area contributed by atoms with Crippen LogP contribution in [-0.2, 0) is 9.59 Å². The Morgan fingerprint density at radius 3 is 2.31 bits per heavy atom. The van der Waals surface area contributed by atoms with E-state index in [2.05, 4.69) is 0 Å². The van der Waals surface area contributed by atoms with Crippen LogP contribution in [0.25, 0.3) is 6.08 Å². The lowest BCUT2D eigenvalue weighted by molar-refractivity contribution is -0.139. The normalized spacial score (nSPS) is 16.0. The first kappa shape index (κ1) is 20.8. The molecule has 2 amide bonds. The summed E-state index contributed by atoms with van der Waals surface area (Å²) >= 11 is 0. The number of rotatable bonds is 5. The highest BCUT2D eigenvalue weighted by molar-refractivity contribution is 5.92. The average Bonchev–Trinajstić information content (AvgIpc) is 2.77. The van der Waals surface area contributed by atoms with E-state index in [4.69, 9.17) is 0 Å². The van der Waals surface area contributed by atoms with Gasteiger partial charge in [0.1, 0.15) is 5.82 Å². The highest BCUT2D eigenvalue weighted by Gasteiger charge is 2.30. The van der Waals surface area contributed by atoms with Gasteiger partial charge in [-0.1, -0.05) is 42.5 Å². The number of hydrogen-bond donors (Lipinski definition) is 0. The van der Waals surface area contributed by atoms with Gasteiger partial charge in [-0.05, 0) is 49.1 Å². The van der Waals surface area contributed by atoms with Crippen molar-refractivity contribution in [3.63, 3.8) is 0 Å². The van der Waals surface area contributed by atoms with Crippen LogP contribution in [-0.4, -0.2) is 41.8 Å². The van der Waals surface area contributed by atoms with Gasteiger partial charge in [-0.3, -0.25) is 9.59 Å². The van der Waals surface area contributed by atoms with Gasteiger partial charge >= 0.3 is 0 Å². The highest BCUT2D eigenvalue weighted by atomic mass is 19.1. The molecule has 1 aliphatic rings. The first-order chi connectivity index (χ1) is 14.0. The molecule has 1 heterocycles. The zero-order valence-electron chi connectivity index (χ0n) is 16.9. The third kappa shape index (κ3) is 5.31. The maximum atomic E-state index is 13.1. The quantitative estimate of drug-likeness (QED) is 0.710. The zero-order chi connectivity index (χ0) is 20.8. The summed E-state index contributed by atoms with van der Waals surface area (Å²) in [6, 6.07) is 15.8. The summed E-state index contributed by atoms with van der Waals surface area (Å²) in [5.74, 6) is -0.320. The minimum atomic E-state index is -0.284. The van der Waals surface area contributed by atoms with E-state index in [0.717, 1.165) is 11.1 Å². The van der Waals surface area contributed by atoms with Crippen LogP contribution in [0.4, 0.5) is 4.39 Å². The average molecular weight is 394 g/mol. The van der Waals surface area contributed by atoms with Gasteiger partial charge in [0.15, 0.2) is 0 Å². The lowest BCUT2D eigenvalue weighted by atomic mass is 9.94. The van der Waals surface area contributed by atoms with E-state index in [1.54, 1.807) is 35.1 Å². The van der Waals surface area contributed by atoms with Crippen LogP contribution in [0.1, 0.15) is 36.9 Å². The number of carbonyl (C=O) groups excluding carboxylic acids is 2. The van der Waals surface area contributed by atoms with Crippen LogP contribution in [0.5, 0.6) is 0 Å². The van der Waals surface area contributed by atoms with Crippen molar-refractivity contribution < 1.29 is 14.0 Å². The zero-order valence-corrected chi connectivity index (χ0v) is 16.9. The van der Waals surface area contributed by atoms with Gasteiger partial charge in [0.2, 0.25) is 11.8 Å². The molecular weight excluding hydrogens is 367 g/mol. The molecule has 0 N–H and O–H groups in total. The van der Waals surface area contributed by atoms with E-state index < -0.39 is 0 Å². The minimum Gasteiger partial charge on any atom is -0.339 e. The lowest BCUT2D eigenvalue weighted by Crippen LogP contribution is -2.43. The molecule has 1 saturated heterocycles. The second-order valence-corrected chi connectivity index (χ2v) is 7.52. The fourth-order valence-electron chi connectivity index (χ4n) is 3.63. The molecular formula is C24H27FN2O2. The second kappa shape index (κ2) is 9.50. The topological polar surface area (TPSA) is 40.6 Å². The van der Waals surface area contributed by atoms with Crippen molar-refractivity contribution in [2.24, 2.45) is 5.92 Å². The van der Waals surface area contributed by atoms with E-state index in [1.165, 1.54) is 12.1 Å². The second-order valence-electron chi connectivity index (χ2n) is 7.52. The van der Waals surface area contributed by atoms with Crippen molar-refractivity contribution in [2.45, 2.75) is 25.8 Å². The summed E-state index contributed by atoms with van der Waals surface area (Å²) in [6.07, 6.45) is 4.73. The van der Waals surface area contributed by atoms with Crippen molar-refractivity contribution in [3.8, 4) is 0 Å². The maximum Gasteiger partial charge on any atom is 0.246 e. The SMILES string of the molecule is C[C@@H](c1ccc(F)cc1)N(C)C(=O)C1CCN(C(=O)/C=C\c2ccccc2)CC1. The first-order valence-electron chi connectivity index (χ1n) is 10.00. The van der Waals surface area contributed by atoms with Gasteiger partial charge in [-0.25, -0.2) is 4.39 Å². The van der Waals surface area contributed by atoms with Crippen molar-refractivity contribution >= 4 is 17.9 Å². The predicted molar refractivity (Wildman–Crippen MR) is 112 cm³/mol. The molecule has 2 aromatic carbocycles. The molecule has 1 atom stereocenters. The van der Waals surface area contributed by atoms with Gasteiger partial charge in [-0.15, -0.1) is 0 Å². The van der Waals surface area contributed by atoms with Gasteiger partial charge in [0.05, 0.1) is 6.04 Å². The number of carbonyl (C=O) groups is 2. The third-order valence-corrected chi connectivity index (χ3v) is 5.65. The van der Waals surface area contributed by atoms with E-state index >= 15 is 0 Å². The lowest BCUT2D eigenvalue weighted by Gasteiger charge is -2.34. The molecule has 152 valence electrons. The van der Waals surface area contributed by atoms with E-state index in [-0.39, 0.29) is 29.6 Å². The molecule has 3 rings (SSSR count). The van der Waals surface area contributed by atoms with Crippen LogP contribution >= 0.6 is 0 Å². The molecule has 2 aromatic rings. The summed E-state index contributed by atoms with van der Waals surface area (Å²) in [5, 5.41) is 0. The maximum absolute atomic E-state index is 13.1. The largest absolute Gasteiger partial charge is 0.339 e. The number of halogens is 1. The fraction of sp³-hybridized carbons (Fsp3) is 0.333. The molecule has 29 heavy (non-hydrogen) atoms. The Kier molecular flexibility index (Phi) is 6.81. The molecule has 1 fully saturated rings. The Balaban J connectivity index is 1.52. The monoisotopic (exact) mass is 394 g/mol. The van der Waals surface area contributed by atoms with Crippen LogP contribution in [0, 0.1) is 11.7 Å². The molecule has 0 spiro atoms. The van der Waals surface area contributed by atoms with Crippen LogP contribution in [0.3, 0.4) is 0 Å². The number of nitrogens with zero attached hydrogens (tertiary/aromatic N) is 2. The molecule has 0 aromatic heterocycles. The minimum absolute atomic E-state index is 0.0206. The molecule has 0 aliphatic carbocycles. The fourth-order valence-corrected chi connectivity index (χ4v) is 3.63. The van der Waals surface area contributed by atoms with Crippen molar-refractivity contribution in [3.05, 3.63) is 77.6 Å². The number of benzene rings is 2. The molecule has 4 nitrogen and oxygen atoms in total. The molecule has 0 radical (unpaired) electrons. The van der Waals surface area contributed by atoms with E-state index in [1.807, 2.05) is 43.3 Å². The summed E-state index contributed by atoms with van der Waals surface area (Å²) in [4.78, 5) is 28.8. The Hall–Kier alpha value is -2.95. The van der Waals surface area contributed by atoms with Gasteiger partial charge in [0.25, 0.3) is 0 Å². The van der Waals surface area contributed by atoms with Crippen LogP contribution in [0.2, 0.25) is 0 Å². The number of hydrogen-bond acceptors (Lipinski definition) is 2. The Bertz CT molecular complexity index is 856. The standard InChI is InChI=1S/C24H27FN2O2/c1-18(20-9-11-22(25)12-10-20)26(2)24(29)21-14-16-27(17-15-21)23(28)13-8-19-6-4-3-5-7-19/h3-13,18,21H,14-17H2,1-2H3/b13-8-/t18-/m0/s1. The smallest absolute Gasteiger partial charge is 0.246 e. The summed E-state index contributed by atoms with van der Waals surface area (Å²) in [5.41, 5.74) is 1.89. The van der Waals surface area contributed by atoms with Crippen molar-refractivity contribution in [2.75, 3.05) is 20.1 Å². The number of likely N-dealkylation sites (tertiary alicyclic amines) is 1. The van der Waals surface area contributed by atoms with E-state index in [0.29, 0.717) is 25.9 Å². The van der Waals surface area contributed by atoms with Crippen LogP contribution < -0.4 is 0 Å². The summed E-state index contributed by atoms with van der Waals surface area (Å²) < 4.78 is 13.1. The Morgan fingerprint density at radius 2 is 1.69 bits per heavy atom. The molecule has 0 unspecified atom stereocenters. The Morgan fingerprint density at radius 1 is 1.07 bits per heavy atom. The predicted octanol–water partition coefficient (Wildman–Crippen LogP) is 4.30. The summed E-state index contributed by atoms with van der Waals surface area (Å²) in [6.45, 7) is 3.10. The summed E-state index contributed by atoms with van der Waals surface area (Å²) in [7, 11) is 1.79. The Labute approximate surface area is 171 Å². The number of piperidine rings is 1. The molecule has 0 bridgehead atoms.